The molecular formula is C21H31F3N2O9S. The van der Waals surface area contributed by atoms with Crippen LogP contribution in [0.25, 0.3) is 0 Å². The summed E-state index contributed by atoms with van der Waals surface area (Å²) in [5.74, 6) is -3.15. The number of ether oxygens (including phenoxy) is 2. The van der Waals surface area contributed by atoms with Crippen LogP contribution in [-0.4, -0.2) is 62.2 Å². The van der Waals surface area contributed by atoms with Crippen molar-refractivity contribution in [2.24, 2.45) is 5.73 Å². The Hall–Kier alpha value is -3.07. The molecule has 0 bridgehead atoms. The van der Waals surface area contributed by atoms with Crippen LogP contribution in [-0.2, 0) is 19.6 Å². The van der Waals surface area contributed by atoms with E-state index in [4.69, 9.17) is 20.3 Å². The van der Waals surface area contributed by atoms with Crippen molar-refractivity contribution >= 4 is 28.0 Å². The van der Waals surface area contributed by atoms with E-state index in [9.17, 15) is 36.0 Å². The first-order valence-electron chi connectivity index (χ1n) is 10.6. The van der Waals surface area contributed by atoms with Crippen molar-refractivity contribution in [1.82, 2.24) is 5.32 Å². The van der Waals surface area contributed by atoms with Gasteiger partial charge in [-0.1, -0.05) is 6.42 Å². The minimum Gasteiger partial charge on any atom is -0.482 e. The van der Waals surface area contributed by atoms with Crippen LogP contribution in [0.4, 0.5) is 18.0 Å². The normalized spacial score (nSPS) is 11.6. The van der Waals surface area contributed by atoms with Gasteiger partial charge in [-0.05, 0) is 59.2 Å². The molecule has 11 nitrogen and oxygen atoms in total. The van der Waals surface area contributed by atoms with Crippen molar-refractivity contribution in [3.8, 4) is 11.5 Å². The van der Waals surface area contributed by atoms with Crippen LogP contribution in [0, 0.1) is 0 Å². The van der Waals surface area contributed by atoms with Crippen LogP contribution in [0.1, 0.15) is 57.3 Å². The number of benzene rings is 1. The molecule has 0 saturated carbocycles. The van der Waals surface area contributed by atoms with Crippen molar-refractivity contribution in [3.63, 3.8) is 0 Å². The van der Waals surface area contributed by atoms with E-state index < -0.39 is 45.3 Å². The van der Waals surface area contributed by atoms with Gasteiger partial charge in [0.1, 0.15) is 17.1 Å². The molecule has 15 heteroatoms. The number of carboxylic acids is 1. The predicted octanol–water partition coefficient (Wildman–Crippen LogP) is 3.22. The van der Waals surface area contributed by atoms with E-state index in [1.165, 1.54) is 0 Å². The van der Waals surface area contributed by atoms with Gasteiger partial charge in [-0.2, -0.15) is 21.6 Å². The molecule has 0 fully saturated rings. The van der Waals surface area contributed by atoms with Gasteiger partial charge in [0, 0.05) is 18.2 Å². The number of halogens is 3. The molecule has 0 heterocycles. The molecule has 0 aliphatic carbocycles. The fraction of sp³-hybridized carbons (Fsp3) is 0.571. The van der Waals surface area contributed by atoms with Crippen LogP contribution in [0.5, 0.6) is 11.5 Å². The van der Waals surface area contributed by atoms with Gasteiger partial charge in [0.05, 0.1) is 0 Å². The summed E-state index contributed by atoms with van der Waals surface area (Å²) in [6.45, 7) is 7.15. The zero-order valence-electron chi connectivity index (χ0n) is 20.3. The van der Waals surface area contributed by atoms with Crippen molar-refractivity contribution in [3.05, 3.63) is 23.8 Å². The van der Waals surface area contributed by atoms with Crippen LogP contribution in [0.2, 0.25) is 0 Å². The zero-order valence-corrected chi connectivity index (χ0v) is 21.1. The number of rotatable bonds is 11. The maximum Gasteiger partial charge on any atom is 0.534 e. The first kappa shape index (κ1) is 32.9. The lowest BCUT2D eigenvalue weighted by molar-refractivity contribution is -0.139. The second-order valence-corrected chi connectivity index (χ2v) is 9.73. The second kappa shape index (κ2) is 14.5. The van der Waals surface area contributed by atoms with E-state index >= 15 is 0 Å². The number of hydrogen-bond donors (Lipinski definition) is 3. The molecule has 206 valence electrons. The number of Topliss-reactive ketones (excluding diaryl/α,β-unsaturated/α-hetero) is 1. The number of alkyl carbamates (subject to hydrolysis) is 1. The lowest BCUT2D eigenvalue weighted by atomic mass is 10.1. The first-order valence-corrected chi connectivity index (χ1v) is 12.0. The summed E-state index contributed by atoms with van der Waals surface area (Å²) >= 11 is 0. The van der Waals surface area contributed by atoms with Gasteiger partial charge >= 0.3 is 27.7 Å². The van der Waals surface area contributed by atoms with Gasteiger partial charge in [-0.25, -0.2) is 9.59 Å². The van der Waals surface area contributed by atoms with Crippen LogP contribution < -0.4 is 20.0 Å². The van der Waals surface area contributed by atoms with Gasteiger partial charge in [-0.3, -0.25) is 4.79 Å². The van der Waals surface area contributed by atoms with Gasteiger partial charge < -0.3 is 29.8 Å². The number of carbonyl (C=O) groups is 3. The summed E-state index contributed by atoms with van der Waals surface area (Å²) in [5, 5.41) is 11.1. The fourth-order valence-corrected chi connectivity index (χ4v) is 2.62. The Morgan fingerprint density at radius 3 is 2.08 bits per heavy atom. The largest absolute Gasteiger partial charge is 0.534 e. The number of carboxylic acid groups (broad SMARTS) is 1. The first-order chi connectivity index (χ1) is 16.4. The highest BCUT2D eigenvalue weighted by molar-refractivity contribution is 7.88. The molecule has 0 aliphatic heterocycles. The molecule has 0 aromatic heterocycles. The van der Waals surface area contributed by atoms with Gasteiger partial charge in [0.25, 0.3) is 0 Å². The Kier molecular flexibility index (Phi) is 13.2. The van der Waals surface area contributed by atoms with E-state index in [1.807, 2.05) is 20.8 Å². The van der Waals surface area contributed by atoms with Crippen molar-refractivity contribution in [2.75, 3.05) is 19.7 Å². The third kappa shape index (κ3) is 14.4. The van der Waals surface area contributed by atoms with Crippen LogP contribution >= 0.6 is 0 Å². The highest BCUT2D eigenvalue weighted by atomic mass is 32.2. The Morgan fingerprint density at radius 2 is 1.61 bits per heavy atom. The summed E-state index contributed by atoms with van der Waals surface area (Å²) in [7, 11) is -5.92. The Labute approximate surface area is 207 Å². The lowest BCUT2D eigenvalue weighted by Crippen LogP contribution is -2.33. The maximum absolute atomic E-state index is 12.2. The van der Waals surface area contributed by atoms with E-state index in [2.05, 4.69) is 9.50 Å². The quantitative estimate of drug-likeness (QED) is 0.163. The summed E-state index contributed by atoms with van der Waals surface area (Å²) in [5.41, 5.74) is -0.938. The number of hydrogen-bond acceptors (Lipinski definition) is 9. The average Bonchev–Trinajstić information content (AvgIpc) is 2.70. The van der Waals surface area contributed by atoms with Crippen LogP contribution in [0.3, 0.4) is 0 Å². The maximum atomic E-state index is 12.2. The number of nitrogens with two attached hydrogens (primary N) is 1. The number of ketones is 1. The third-order valence-electron chi connectivity index (χ3n) is 3.69. The Balaban J connectivity index is 0.000000757. The van der Waals surface area contributed by atoms with E-state index in [1.54, 1.807) is 0 Å². The minimum atomic E-state index is -5.92. The number of alkyl halides is 3. The Bertz CT molecular complexity index is 991. The lowest BCUT2D eigenvalue weighted by Gasteiger charge is -2.19. The summed E-state index contributed by atoms with van der Waals surface area (Å²) < 4.78 is 72.2. The van der Waals surface area contributed by atoms with Gasteiger partial charge in [0.2, 0.25) is 0 Å². The zero-order chi connectivity index (χ0) is 28.2. The molecule has 0 spiro atoms. The number of carbonyl (C=O) groups excluding carboxylic acids is 2. The number of amides is 1. The predicted molar refractivity (Wildman–Crippen MR) is 122 cm³/mol. The fourth-order valence-electron chi connectivity index (χ4n) is 2.18. The molecule has 1 aromatic carbocycles. The van der Waals surface area contributed by atoms with E-state index in [0.29, 0.717) is 13.1 Å². The SMILES string of the molecule is CC(=O)c1cc(OCC(=O)O)cc(OS(=O)(=O)C(F)(F)F)c1.CC(C)(C)OC(=O)NCCCCCN. The van der Waals surface area contributed by atoms with Gasteiger partial charge in [-0.15, -0.1) is 0 Å². The molecule has 4 N–H and O–H groups in total. The molecule has 0 saturated heterocycles. The number of nitrogens with one attached hydrogen (secondary N) is 1. The summed E-state index contributed by atoms with van der Waals surface area (Å²) in [6, 6.07) is 2.52. The Morgan fingerprint density at radius 1 is 1.03 bits per heavy atom. The number of unbranched alkanes of at least 4 members (excludes halogenated alkanes) is 2. The second-order valence-electron chi connectivity index (χ2n) is 8.19. The van der Waals surface area contributed by atoms with Crippen molar-refractivity contribution in [1.29, 1.82) is 0 Å². The topological polar surface area (TPSA) is 171 Å². The monoisotopic (exact) mass is 544 g/mol. The third-order valence-corrected chi connectivity index (χ3v) is 4.67. The van der Waals surface area contributed by atoms with Crippen LogP contribution in [0.15, 0.2) is 18.2 Å². The standard InChI is InChI=1S/C11H9F3O7S.C10H22N2O2/c1-6(15)7-2-8(20-5-10(16)17)4-9(3-7)21-22(18,19)11(12,13)14;1-10(2,3)14-9(13)12-8-6-4-5-7-11/h2-4H,5H2,1H3,(H,16,17);4-8,11H2,1-3H3,(H,12,13). The minimum absolute atomic E-state index is 0.213. The molecule has 1 aromatic rings. The molecule has 0 radical (unpaired) electrons. The highest BCUT2D eigenvalue weighted by Gasteiger charge is 2.48. The van der Waals surface area contributed by atoms with Gasteiger partial charge in [0.15, 0.2) is 12.4 Å². The highest BCUT2D eigenvalue weighted by Crippen LogP contribution is 2.30. The molecule has 36 heavy (non-hydrogen) atoms. The molecule has 0 atom stereocenters. The molecule has 0 unspecified atom stereocenters. The molecule has 0 aliphatic rings. The van der Waals surface area contributed by atoms with E-state index in [0.717, 1.165) is 44.4 Å². The summed E-state index contributed by atoms with van der Waals surface area (Å²) in [4.78, 5) is 32.8. The van der Waals surface area contributed by atoms with E-state index in [-0.39, 0.29) is 17.4 Å². The molecule has 1 amide bonds. The average molecular weight is 545 g/mol. The summed E-state index contributed by atoms with van der Waals surface area (Å²) in [6.07, 6.45) is 2.67. The van der Waals surface area contributed by atoms with Crippen molar-refractivity contribution < 1.29 is 54.7 Å². The smallest absolute Gasteiger partial charge is 0.482 e. The molecule has 1 rings (SSSR count). The van der Waals surface area contributed by atoms with Crippen molar-refractivity contribution in [2.45, 2.75) is 58.1 Å². The molecular weight excluding hydrogens is 513 g/mol. The number of aliphatic carboxylic acids is 1.